The van der Waals surface area contributed by atoms with Crippen LogP contribution in [0.15, 0.2) is 47.0 Å². The van der Waals surface area contributed by atoms with Gasteiger partial charge in [-0.05, 0) is 50.2 Å². The lowest BCUT2D eigenvalue weighted by Crippen LogP contribution is -2.11. The van der Waals surface area contributed by atoms with Crippen LogP contribution < -0.4 is 14.8 Å². The van der Waals surface area contributed by atoms with E-state index in [1.807, 2.05) is 32.0 Å². The first kappa shape index (κ1) is 18.9. The molecule has 0 saturated heterocycles. The number of benzene rings is 2. The Hall–Kier alpha value is -3.39. The van der Waals surface area contributed by atoms with Crippen LogP contribution in [-0.4, -0.2) is 23.2 Å². The molecule has 0 aliphatic rings. The van der Waals surface area contributed by atoms with Crippen molar-refractivity contribution in [3.63, 3.8) is 0 Å². The number of aromatic nitrogens is 2. The van der Waals surface area contributed by atoms with Crippen LogP contribution in [0.1, 0.15) is 27.4 Å². The standard InChI is InChI=1S/C21H19N3O4S/c1-12-17(13(2)28-24-12)11-27-15-6-4-14(5-7-15)20(25)23-21-22-18-10-16(26-3)8-9-19(18)29-21/h4-10H,11H2,1-3H3,(H,22,23,25). The van der Waals surface area contributed by atoms with Crippen LogP contribution in [0.2, 0.25) is 0 Å². The molecule has 0 atom stereocenters. The molecule has 1 amide bonds. The van der Waals surface area contributed by atoms with Crippen LogP contribution in [0.4, 0.5) is 5.13 Å². The van der Waals surface area contributed by atoms with Gasteiger partial charge < -0.3 is 14.0 Å². The number of hydrogen-bond donors (Lipinski definition) is 1. The van der Waals surface area contributed by atoms with E-state index in [9.17, 15) is 4.79 Å². The maximum Gasteiger partial charge on any atom is 0.257 e. The third-order valence-corrected chi connectivity index (χ3v) is 5.45. The fourth-order valence-electron chi connectivity index (χ4n) is 2.82. The molecule has 2 aromatic carbocycles. The summed E-state index contributed by atoms with van der Waals surface area (Å²) in [6.07, 6.45) is 0. The van der Waals surface area contributed by atoms with Crippen LogP contribution >= 0.6 is 11.3 Å². The lowest BCUT2D eigenvalue weighted by atomic mass is 10.2. The fourth-order valence-corrected chi connectivity index (χ4v) is 3.66. The molecule has 0 aliphatic heterocycles. The number of methoxy groups -OCH3 is 1. The Bertz CT molecular complexity index is 1150. The van der Waals surface area contributed by atoms with Crippen LogP contribution in [-0.2, 0) is 6.61 Å². The molecule has 7 nitrogen and oxygen atoms in total. The Balaban J connectivity index is 1.41. The molecule has 2 aromatic heterocycles. The van der Waals surface area contributed by atoms with Gasteiger partial charge in [0, 0.05) is 11.6 Å². The SMILES string of the molecule is COc1ccc2sc(NC(=O)c3ccc(OCc4c(C)noc4C)cc3)nc2c1. The van der Waals surface area contributed by atoms with Gasteiger partial charge in [-0.2, -0.15) is 0 Å². The van der Waals surface area contributed by atoms with Crippen molar-refractivity contribution in [3.8, 4) is 11.5 Å². The normalized spacial score (nSPS) is 10.9. The van der Waals surface area contributed by atoms with E-state index in [4.69, 9.17) is 14.0 Å². The summed E-state index contributed by atoms with van der Waals surface area (Å²) < 4.78 is 17.1. The molecule has 2 heterocycles. The van der Waals surface area contributed by atoms with Gasteiger partial charge in [0.25, 0.3) is 5.91 Å². The summed E-state index contributed by atoms with van der Waals surface area (Å²) in [5.74, 6) is 1.90. The van der Waals surface area contributed by atoms with Crippen molar-refractivity contribution in [1.29, 1.82) is 0 Å². The Morgan fingerprint density at radius 3 is 2.59 bits per heavy atom. The zero-order chi connectivity index (χ0) is 20.4. The largest absolute Gasteiger partial charge is 0.497 e. The molecule has 8 heteroatoms. The number of amides is 1. The second-order valence-corrected chi connectivity index (χ2v) is 7.45. The number of rotatable bonds is 6. The highest BCUT2D eigenvalue weighted by Gasteiger charge is 2.12. The van der Waals surface area contributed by atoms with E-state index in [0.29, 0.717) is 23.1 Å². The lowest BCUT2D eigenvalue weighted by Gasteiger charge is -2.07. The molecule has 4 aromatic rings. The van der Waals surface area contributed by atoms with Gasteiger partial charge in [0.15, 0.2) is 5.13 Å². The summed E-state index contributed by atoms with van der Waals surface area (Å²) in [5, 5.41) is 7.29. The summed E-state index contributed by atoms with van der Waals surface area (Å²) in [7, 11) is 1.61. The molecule has 4 rings (SSSR count). The van der Waals surface area contributed by atoms with Gasteiger partial charge in [-0.1, -0.05) is 16.5 Å². The van der Waals surface area contributed by atoms with Gasteiger partial charge in [0.05, 0.1) is 28.6 Å². The molecule has 1 N–H and O–H groups in total. The number of thiazole rings is 1. The van der Waals surface area contributed by atoms with Gasteiger partial charge in [-0.3, -0.25) is 10.1 Å². The van der Waals surface area contributed by atoms with E-state index in [1.54, 1.807) is 31.4 Å². The quantitative estimate of drug-likeness (QED) is 0.495. The second kappa shape index (κ2) is 7.92. The smallest absolute Gasteiger partial charge is 0.257 e. The molecule has 29 heavy (non-hydrogen) atoms. The first-order valence-electron chi connectivity index (χ1n) is 8.94. The first-order valence-corrected chi connectivity index (χ1v) is 9.75. The molecular weight excluding hydrogens is 390 g/mol. The molecule has 0 radical (unpaired) electrons. The van der Waals surface area contributed by atoms with E-state index in [0.717, 1.165) is 33.0 Å². The van der Waals surface area contributed by atoms with Crippen LogP contribution in [0.3, 0.4) is 0 Å². The van der Waals surface area contributed by atoms with E-state index >= 15 is 0 Å². The number of carbonyl (C=O) groups is 1. The fraction of sp³-hybridized carbons (Fsp3) is 0.190. The summed E-state index contributed by atoms with van der Waals surface area (Å²) in [6, 6.07) is 12.6. The molecule has 0 fully saturated rings. The molecular formula is C21H19N3O4S. The minimum absolute atomic E-state index is 0.228. The van der Waals surface area contributed by atoms with E-state index in [-0.39, 0.29) is 5.91 Å². The lowest BCUT2D eigenvalue weighted by molar-refractivity contribution is 0.102. The van der Waals surface area contributed by atoms with Gasteiger partial charge in [0.1, 0.15) is 23.9 Å². The minimum Gasteiger partial charge on any atom is -0.497 e. The van der Waals surface area contributed by atoms with E-state index in [1.165, 1.54) is 11.3 Å². The second-order valence-electron chi connectivity index (χ2n) is 6.42. The van der Waals surface area contributed by atoms with Gasteiger partial charge in [0.2, 0.25) is 0 Å². The number of fused-ring (bicyclic) bond motifs is 1. The van der Waals surface area contributed by atoms with Crippen LogP contribution in [0, 0.1) is 13.8 Å². The number of anilines is 1. The molecule has 148 valence electrons. The zero-order valence-electron chi connectivity index (χ0n) is 16.2. The Morgan fingerprint density at radius 2 is 1.90 bits per heavy atom. The third-order valence-electron chi connectivity index (χ3n) is 4.50. The van der Waals surface area contributed by atoms with Crippen molar-refractivity contribution in [2.24, 2.45) is 0 Å². The summed E-state index contributed by atoms with van der Waals surface area (Å²) in [4.78, 5) is 17.0. The summed E-state index contributed by atoms with van der Waals surface area (Å²) in [5.41, 5.74) is 3.05. The number of carbonyl (C=O) groups excluding carboxylic acids is 1. The number of nitrogens with zero attached hydrogens (tertiary/aromatic N) is 2. The van der Waals surface area contributed by atoms with Gasteiger partial charge in [-0.25, -0.2) is 4.98 Å². The minimum atomic E-state index is -0.228. The van der Waals surface area contributed by atoms with Crippen molar-refractivity contribution in [1.82, 2.24) is 10.1 Å². The molecule has 0 saturated carbocycles. The van der Waals surface area contributed by atoms with E-state index in [2.05, 4.69) is 15.5 Å². The van der Waals surface area contributed by atoms with Crippen molar-refractivity contribution in [2.75, 3.05) is 12.4 Å². The van der Waals surface area contributed by atoms with Crippen molar-refractivity contribution in [3.05, 3.63) is 65.0 Å². The maximum absolute atomic E-state index is 12.5. The maximum atomic E-state index is 12.5. The predicted molar refractivity (Wildman–Crippen MR) is 111 cm³/mol. The van der Waals surface area contributed by atoms with Crippen LogP contribution in [0.5, 0.6) is 11.5 Å². The average Bonchev–Trinajstić information content (AvgIpc) is 3.28. The molecule has 0 aliphatic carbocycles. The van der Waals surface area contributed by atoms with Crippen LogP contribution in [0.25, 0.3) is 10.2 Å². The highest BCUT2D eigenvalue weighted by atomic mass is 32.1. The first-order chi connectivity index (χ1) is 14.0. The molecule has 0 unspecified atom stereocenters. The van der Waals surface area contributed by atoms with Gasteiger partial charge in [-0.15, -0.1) is 0 Å². The summed E-state index contributed by atoms with van der Waals surface area (Å²) >= 11 is 1.41. The highest BCUT2D eigenvalue weighted by molar-refractivity contribution is 7.22. The number of hydrogen-bond acceptors (Lipinski definition) is 7. The Kier molecular flexibility index (Phi) is 5.18. The van der Waals surface area contributed by atoms with Crippen molar-refractivity contribution in [2.45, 2.75) is 20.5 Å². The number of ether oxygens (including phenoxy) is 2. The zero-order valence-corrected chi connectivity index (χ0v) is 17.0. The third kappa shape index (κ3) is 4.07. The van der Waals surface area contributed by atoms with Crippen molar-refractivity contribution >= 4 is 32.6 Å². The number of nitrogens with one attached hydrogen (secondary N) is 1. The molecule has 0 spiro atoms. The summed E-state index contributed by atoms with van der Waals surface area (Å²) in [6.45, 7) is 4.09. The van der Waals surface area contributed by atoms with Gasteiger partial charge >= 0.3 is 0 Å². The Morgan fingerprint density at radius 1 is 1.14 bits per heavy atom. The monoisotopic (exact) mass is 409 g/mol. The Labute approximate surface area is 171 Å². The average molecular weight is 409 g/mol. The highest BCUT2D eigenvalue weighted by Crippen LogP contribution is 2.29. The van der Waals surface area contributed by atoms with E-state index < -0.39 is 0 Å². The molecule has 0 bridgehead atoms. The topological polar surface area (TPSA) is 86.5 Å². The van der Waals surface area contributed by atoms with Crippen molar-refractivity contribution < 1.29 is 18.8 Å². The predicted octanol–water partition coefficient (Wildman–Crippen LogP) is 4.74. The number of aryl methyl sites for hydroxylation is 2.